The Morgan fingerprint density at radius 1 is 1.33 bits per heavy atom. The van der Waals surface area contributed by atoms with Crippen molar-refractivity contribution < 1.29 is 9.18 Å². The molecule has 1 aromatic heterocycles. The van der Waals surface area contributed by atoms with Crippen LogP contribution in [0.5, 0.6) is 0 Å². The van der Waals surface area contributed by atoms with Crippen LogP contribution in [0.1, 0.15) is 20.1 Å². The fraction of sp³-hybridized carbons (Fsp3) is 0.154. The summed E-state index contributed by atoms with van der Waals surface area (Å²) in [5.41, 5.74) is 7.38. The van der Waals surface area contributed by atoms with Gasteiger partial charge in [0.25, 0.3) is 5.91 Å². The number of rotatable bonds is 2. The maximum Gasteiger partial charge on any atom is 0.265 e. The van der Waals surface area contributed by atoms with Gasteiger partial charge in [0.2, 0.25) is 0 Å². The number of anilines is 2. The van der Waals surface area contributed by atoms with Crippen LogP contribution in [0.15, 0.2) is 24.3 Å². The summed E-state index contributed by atoms with van der Waals surface area (Å²) in [6, 6.07) is 5.70. The van der Waals surface area contributed by atoms with E-state index in [4.69, 9.17) is 5.73 Å². The van der Waals surface area contributed by atoms with Gasteiger partial charge in [0.05, 0.1) is 16.3 Å². The van der Waals surface area contributed by atoms with Gasteiger partial charge < -0.3 is 11.1 Å². The number of amides is 1. The Kier molecular flexibility index (Phi) is 3.34. The number of nitrogen functional groups attached to an aromatic ring is 1. The molecule has 0 bridgehead atoms. The van der Waals surface area contributed by atoms with E-state index in [9.17, 15) is 9.18 Å². The molecule has 0 saturated carbocycles. The third-order valence-electron chi connectivity index (χ3n) is 2.65. The van der Waals surface area contributed by atoms with Gasteiger partial charge in [0.15, 0.2) is 0 Å². The summed E-state index contributed by atoms with van der Waals surface area (Å²) in [4.78, 5) is 13.6. The molecule has 0 radical (unpaired) electrons. The van der Waals surface area contributed by atoms with Gasteiger partial charge in [-0.25, -0.2) is 4.39 Å². The Morgan fingerprint density at radius 2 is 2.06 bits per heavy atom. The summed E-state index contributed by atoms with van der Waals surface area (Å²) in [5, 5.41) is 2.61. The highest BCUT2D eigenvalue weighted by molar-refractivity contribution is 7.14. The monoisotopic (exact) mass is 264 g/mol. The quantitative estimate of drug-likeness (QED) is 0.817. The van der Waals surface area contributed by atoms with Crippen molar-refractivity contribution in [2.45, 2.75) is 13.8 Å². The number of aryl methyl sites for hydroxylation is 2. The summed E-state index contributed by atoms with van der Waals surface area (Å²) in [5.74, 6) is -0.702. The number of hydrogen-bond donors (Lipinski definition) is 2. The summed E-state index contributed by atoms with van der Waals surface area (Å²) in [6.07, 6.45) is 0. The van der Waals surface area contributed by atoms with Crippen LogP contribution in [0, 0.1) is 19.7 Å². The molecule has 3 nitrogen and oxygen atoms in total. The first kappa shape index (κ1) is 12.6. The molecule has 94 valence electrons. The second kappa shape index (κ2) is 4.78. The van der Waals surface area contributed by atoms with E-state index in [2.05, 4.69) is 5.32 Å². The Bertz CT molecular complexity index is 588. The zero-order valence-electron chi connectivity index (χ0n) is 10.1. The van der Waals surface area contributed by atoms with E-state index in [1.165, 1.54) is 29.5 Å². The largest absolute Gasteiger partial charge is 0.397 e. The van der Waals surface area contributed by atoms with Crippen LogP contribution < -0.4 is 11.1 Å². The smallest absolute Gasteiger partial charge is 0.265 e. The van der Waals surface area contributed by atoms with Gasteiger partial charge >= 0.3 is 0 Å². The molecular formula is C13H13FN2OS. The standard InChI is InChI=1S/C13H13FN2OS/c1-7-5-12(18-8(7)2)13(17)16-11-6-9(14)3-4-10(11)15/h3-6H,15H2,1-2H3,(H,16,17). The van der Waals surface area contributed by atoms with Crippen LogP contribution in [0.4, 0.5) is 15.8 Å². The van der Waals surface area contributed by atoms with Crippen molar-refractivity contribution in [3.8, 4) is 0 Å². The Balaban J connectivity index is 2.23. The zero-order chi connectivity index (χ0) is 13.3. The molecule has 1 amide bonds. The van der Waals surface area contributed by atoms with Crippen molar-refractivity contribution in [2.24, 2.45) is 0 Å². The molecule has 0 unspecified atom stereocenters. The van der Waals surface area contributed by atoms with E-state index < -0.39 is 5.82 Å². The first-order chi connectivity index (χ1) is 8.47. The van der Waals surface area contributed by atoms with Gasteiger partial charge in [-0.15, -0.1) is 11.3 Å². The number of halogens is 1. The Hall–Kier alpha value is -1.88. The SMILES string of the molecule is Cc1cc(C(=O)Nc2cc(F)ccc2N)sc1C. The molecule has 0 aliphatic rings. The van der Waals surface area contributed by atoms with Crippen LogP contribution in [0.3, 0.4) is 0 Å². The van der Waals surface area contributed by atoms with Crippen molar-refractivity contribution in [3.63, 3.8) is 0 Å². The molecule has 2 rings (SSSR count). The summed E-state index contributed by atoms with van der Waals surface area (Å²) < 4.78 is 13.1. The minimum Gasteiger partial charge on any atom is -0.397 e. The lowest BCUT2D eigenvalue weighted by Crippen LogP contribution is -2.11. The molecule has 5 heteroatoms. The average molecular weight is 264 g/mol. The lowest BCUT2D eigenvalue weighted by Gasteiger charge is -2.06. The number of hydrogen-bond acceptors (Lipinski definition) is 3. The van der Waals surface area contributed by atoms with Gasteiger partial charge in [0, 0.05) is 4.88 Å². The van der Waals surface area contributed by atoms with Crippen LogP contribution >= 0.6 is 11.3 Å². The number of thiophene rings is 1. The van der Waals surface area contributed by atoms with Crippen molar-refractivity contribution in [3.05, 3.63) is 45.4 Å². The van der Waals surface area contributed by atoms with Gasteiger partial charge in [0.1, 0.15) is 5.82 Å². The van der Waals surface area contributed by atoms with Gasteiger partial charge in [-0.3, -0.25) is 4.79 Å². The van der Waals surface area contributed by atoms with Crippen LogP contribution in [-0.2, 0) is 0 Å². The number of nitrogens with two attached hydrogens (primary N) is 1. The van der Waals surface area contributed by atoms with E-state index in [-0.39, 0.29) is 5.91 Å². The van der Waals surface area contributed by atoms with Gasteiger partial charge in [-0.2, -0.15) is 0 Å². The number of nitrogens with one attached hydrogen (secondary N) is 1. The van der Waals surface area contributed by atoms with E-state index in [1.54, 1.807) is 0 Å². The van der Waals surface area contributed by atoms with Gasteiger partial charge in [-0.05, 0) is 43.7 Å². The summed E-state index contributed by atoms with van der Waals surface area (Å²) in [6.45, 7) is 3.90. The second-order valence-corrected chi connectivity index (χ2v) is 5.29. The lowest BCUT2D eigenvalue weighted by molar-refractivity contribution is 0.103. The molecule has 0 aliphatic carbocycles. The van der Waals surface area contributed by atoms with Crippen LogP contribution in [0.25, 0.3) is 0 Å². The molecule has 0 atom stereocenters. The highest BCUT2D eigenvalue weighted by atomic mass is 32.1. The normalized spacial score (nSPS) is 10.4. The van der Waals surface area contributed by atoms with Gasteiger partial charge in [-0.1, -0.05) is 0 Å². The van der Waals surface area contributed by atoms with E-state index in [0.29, 0.717) is 16.3 Å². The number of benzene rings is 1. The second-order valence-electron chi connectivity index (χ2n) is 4.04. The molecule has 0 saturated heterocycles. The first-order valence-electron chi connectivity index (χ1n) is 5.41. The van der Waals surface area contributed by atoms with Crippen LogP contribution in [-0.4, -0.2) is 5.91 Å². The maximum atomic E-state index is 13.1. The Labute approximate surface area is 108 Å². The highest BCUT2D eigenvalue weighted by Gasteiger charge is 2.12. The first-order valence-corrected chi connectivity index (χ1v) is 6.22. The van der Waals surface area contributed by atoms with Crippen molar-refractivity contribution in [2.75, 3.05) is 11.1 Å². The van der Waals surface area contributed by atoms with Crippen LogP contribution in [0.2, 0.25) is 0 Å². The van der Waals surface area contributed by atoms with E-state index >= 15 is 0 Å². The molecule has 3 N–H and O–H groups in total. The molecule has 0 fully saturated rings. The third kappa shape index (κ3) is 2.51. The zero-order valence-corrected chi connectivity index (χ0v) is 10.9. The predicted molar refractivity (Wildman–Crippen MR) is 72.6 cm³/mol. The molecule has 18 heavy (non-hydrogen) atoms. The Morgan fingerprint density at radius 3 is 2.67 bits per heavy atom. The topological polar surface area (TPSA) is 55.1 Å². The number of carbonyl (C=O) groups is 1. The molecule has 0 aliphatic heterocycles. The van der Waals surface area contributed by atoms with Crippen molar-refractivity contribution >= 4 is 28.6 Å². The van der Waals surface area contributed by atoms with Crippen molar-refractivity contribution in [1.82, 2.24) is 0 Å². The molecular weight excluding hydrogens is 251 g/mol. The molecule has 1 aromatic carbocycles. The van der Waals surface area contributed by atoms with E-state index in [0.717, 1.165) is 10.4 Å². The fourth-order valence-corrected chi connectivity index (χ4v) is 2.43. The maximum absolute atomic E-state index is 13.1. The lowest BCUT2D eigenvalue weighted by atomic mass is 10.2. The third-order valence-corrected chi connectivity index (χ3v) is 3.80. The van der Waals surface area contributed by atoms with E-state index in [1.807, 2.05) is 19.9 Å². The average Bonchev–Trinajstić information content (AvgIpc) is 2.64. The highest BCUT2D eigenvalue weighted by Crippen LogP contribution is 2.24. The number of carbonyl (C=O) groups excluding carboxylic acids is 1. The summed E-state index contributed by atoms with van der Waals surface area (Å²) in [7, 11) is 0. The fourth-order valence-electron chi connectivity index (χ4n) is 1.51. The molecule has 2 aromatic rings. The molecule has 0 spiro atoms. The minimum absolute atomic E-state index is 0.270. The van der Waals surface area contributed by atoms with Crippen molar-refractivity contribution in [1.29, 1.82) is 0 Å². The minimum atomic E-state index is -0.432. The predicted octanol–water partition coefficient (Wildman–Crippen LogP) is 3.34. The summed E-state index contributed by atoms with van der Waals surface area (Å²) >= 11 is 1.41. The molecule has 1 heterocycles.